The molecule has 0 amide bonds. The third kappa shape index (κ3) is 7.59. The summed E-state index contributed by atoms with van der Waals surface area (Å²) in [6.45, 7) is 13.2. The van der Waals surface area contributed by atoms with Crippen molar-refractivity contribution >= 4 is 24.8 Å². The zero-order chi connectivity index (χ0) is 22.4. The number of hydrogen-bond donors (Lipinski definition) is 2. The Hall–Kier alpha value is -1.58. The number of piperidine rings is 1. The Morgan fingerprint density at radius 2 is 1.60 bits per heavy atom. The second-order valence-electron chi connectivity index (χ2n) is 6.85. The van der Waals surface area contributed by atoms with Gasteiger partial charge in [0.2, 0.25) is 0 Å². The molecule has 0 radical (unpaired) electrons. The Balaban J connectivity index is 0.000000691. The highest BCUT2D eigenvalue weighted by molar-refractivity contribution is 7.80. The van der Waals surface area contributed by atoms with Crippen molar-refractivity contribution in [3.05, 3.63) is 46.5 Å². The number of rotatable bonds is 3. The second kappa shape index (κ2) is 15.3. The molecule has 4 rings (SSSR count). The third-order valence-electron chi connectivity index (χ3n) is 5.07. The maximum Gasteiger partial charge on any atom is 0.0712 e. The van der Waals surface area contributed by atoms with Crippen LogP contribution in [0.5, 0.6) is 0 Å². The first-order chi connectivity index (χ1) is 14.8. The minimum Gasteiger partial charge on any atom is -0.314 e. The van der Waals surface area contributed by atoms with Crippen molar-refractivity contribution in [1.29, 1.82) is 0 Å². The van der Waals surface area contributed by atoms with Crippen molar-refractivity contribution in [2.45, 2.75) is 91.0 Å². The average molecular weight is 427 g/mol. The molecule has 2 heterocycles. The molecular formula is C27H42N2S. The fraction of sp³-hybridized carbons (Fsp3) is 0.519. The molecule has 0 spiro atoms. The molecule has 1 N–H and O–H groups in total. The lowest BCUT2D eigenvalue weighted by Gasteiger charge is -2.24. The lowest BCUT2D eigenvalue weighted by atomic mass is 9.94. The minimum atomic E-state index is 0.605. The van der Waals surface area contributed by atoms with E-state index in [1.54, 1.807) is 0 Å². The molecule has 0 saturated carbocycles. The van der Waals surface area contributed by atoms with Gasteiger partial charge in [-0.2, -0.15) is 0 Å². The van der Waals surface area contributed by atoms with Crippen LogP contribution in [0.3, 0.4) is 0 Å². The highest BCUT2D eigenvalue weighted by Gasteiger charge is 2.15. The van der Waals surface area contributed by atoms with E-state index in [2.05, 4.69) is 48.3 Å². The molecule has 2 aliphatic rings. The molecule has 1 aromatic heterocycles. The van der Waals surface area contributed by atoms with Gasteiger partial charge in [0.1, 0.15) is 0 Å². The molecule has 1 atom stereocenters. The van der Waals surface area contributed by atoms with E-state index in [0.717, 1.165) is 36.4 Å². The van der Waals surface area contributed by atoms with E-state index in [4.69, 9.17) is 4.98 Å². The molecule has 2 aromatic rings. The van der Waals surface area contributed by atoms with Gasteiger partial charge in [-0.1, -0.05) is 72.2 Å². The van der Waals surface area contributed by atoms with E-state index < -0.39 is 0 Å². The van der Waals surface area contributed by atoms with Crippen LogP contribution in [0.4, 0.5) is 0 Å². The van der Waals surface area contributed by atoms with Gasteiger partial charge < -0.3 is 5.32 Å². The summed E-state index contributed by atoms with van der Waals surface area (Å²) in [5.74, 6) is 0. The molecule has 2 nitrogen and oxygen atoms in total. The van der Waals surface area contributed by atoms with Crippen molar-refractivity contribution in [3.63, 3.8) is 0 Å². The molecule has 30 heavy (non-hydrogen) atoms. The van der Waals surface area contributed by atoms with Crippen LogP contribution in [-0.2, 0) is 6.42 Å². The Morgan fingerprint density at radius 3 is 2.23 bits per heavy atom. The summed E-state index contributed by atoms with van der Waals surface area (Å²) in [5.41, 5.74) is 3.70. The second-order valence-corrected chi connectivity index (χ2v) is 7.37. The summed E-state index contributed by atoms with van der Waals surface area (Å²) in [5, 5.41) is 6.22. The van der Waals surface area contributed by atoms with Gasteiger partial charge in [0.05, 0.1) is 11.0 Å². The summed E-state index contributed by atoms with van der Waals surface area (Å²) in [6.07, 6.45) is 11.9. The van der Waals surface area contributed by atoms with Crippen molar-refractivity contribution in [1.82, 2.24) is 10.3 Å². The van der Waals surface area contributed by atoms with Crippen LogP contribution >= 0.6 is 12.6 Å². The van der Waals surface area contributed by atoms with Gasteiger partial charge in [-0.3, -0.25) is 0 Å². The standard InChI is InChI=1S/C21H24N2S.3C2H6/c24-18-10-8-15(9-11-18)21-14-16(13-17-5-3-4-12-22-17)19-6-1-2-7-20(19)23-21;3*1-2/h6-11,14,17,22,24H,1-5,12-13H2;3*1-2H3. The van der Waals surface area contributed by atoms with Crippen molar-refractivity contribution < 1.29 is 0 Å². The van der Waals surface area contributed by atoms with Crippen LogP contribution in [0.25, 0.3) is 23.4 Å². The quantitative estimate of drug-likeness (QED) is 0.575. The SMILES string of the molecule is CC.CC.CC.Sc1ccc(-c2cc(CC3CCCCN3)c3c(n2)=CCCC=3)cc1. The van der Waals surface area contributed by atoms with E-state index in [1.165, 1.54) is 41.0 Å². The fourth-order valence-corrected chi connectivity index (χ4v) is 3.93. The molecule has 1 aliphatic carbocycles. The summed E-state index contributed by atoms with van der Waals surface area (Å²) in [4.78, 5) is 5.92. The number of hydrogen-bond acceptors (Lipinski definition) is 3. The maximum absolute atomic E-state index is 4.93. The predicted molar refractivity (Wildman–Crippen MR) is 138 cm³/mol. The number of thiol groups is 1. The highest BCUT2D eigenvalue weighted by atomic mass is 32.1. The maximum atomic E-state index is 4.93. The highest BCUT2D eigenvalue weighted by Crippen LogP contribution is 2.20. The molecule has 1 aromatic carbocycles. The van der Waals surface area contributed by atoms with Gasteiger partial charge in [0, 0.05) is 16.5 Å². The minimum absolute atomic E-state index is 0.605. The predicted octanol–water partition coefficient (Wildman–Crippen LogP) is 6.16. The van der Waals surface area contributed by atoms with E-state index >= 15 is 0 Å². The smallest absolute Gasteiger partial charge is 0.0712 e. The number of pyridine rings is 1. The molecule has 0 bridgehead atoms. The van der Waals surface area contributed by atoms with Crippen LogP contribution in [0.15, 0.2) is 35.2 Å². The van der Waals surface area contributed by atoms with Crippen molar-refractivity contribution in [3.8, 4) is 11.3 Å². The summed E-state index contributed by atoms with van der Waals surface area (Å²) in [7, 11) is 0. The average Bonchev–Trinajstić information content (AvgIpc) is 2.84. The Labute approximate surface area is 190 Å². The number of fused-ring (bicyclic) bond motifs is 1. The number of nitrogens with zero attached hydrogens (tertiary/aromatic N) is 1. The fourth-order valence-electron chi connectivity index (χ4n) is 3.78. The molecule has 166 valence electrons. The first kappa shape index (κ1) is 26.5. The van der Waals surface area contributed by atoms with Crippen LogP contribution in [0, 0.1) is 0 Å². The molecule has 3 heteroatoms. The Bertz CT molecular complexity index is 834. The lowest BCUT2D eigenvalue weighted by Crippen LogP contribution is -2.40. The molecule has 1 aliphatic heterocycles. The summed E-state index contributed by atoms with van der Waals surface area (Å²) in [6, 6.07) is 11.2. The molecule has 1 saturated heterocycles. The first-order valence-corrected chi connectivity index (χ1v) is 12.5. The number of benzene rings is 1. The number of nitrogens with one attached hydrogen (secondary N) is 1. The summed E-state index contributed by atoms with van der Waals surface area (Å²) < 4.78 is 0. The van der Waals surface area contributed by atoms with Crippen molar-refractivity contribution in [2.24, 2.45) is 0 Å². The number of aromatic nitrogens is 1. The molecule has 1 unspecified atom stereocenters. The normalized spacial score (nSPS) is 16.6. The van der Waals surface area contributed by atoms with Gasteiger partial charge >= 0.3 is 0 Å². The van der Waals surface area contributed by atoms with E-state index in [9.17, 15) is 0 Å². The summed E-state index contributed by atoms with van der Waals surface area (Å²) >= 11 is 4.39. The van der Waals surface area contributed by atoms with Crippen LogP contribution in [-0.4, -0.2) is 17.6 Å². The topological polar surface area (TPSA) is 24.9 Å². The van der Waals surface area contributed by atoms with E-state index in [1.807, 2.05) is 53.7 Å². The molecular weight excluding hydrogens is 384 g/mol. The largest absolute Gasteiger partial charge is 0.314 e. The van der Waals surface area contributed by atoms with Gasteiger partial charge in [-0.15, -0.1) is 12.6 Å². The van der Waals surface area contributed by atoms with Crippen molar-refractivity contribution in [2.75, 3.05) is 6.54 Å². The van der Waals surface area contributed by atoms with Crippen LogP contribution in [0.2, 0.25) is 0 Å². The van der Waals surface area contributed by atoms with E-state index in [-0.39, 0.29) is 0 Å². The van der Waals surface area contributed by atoms with E-state index in [0.29, 0.717) is 6.04 Å². The Morgan fingerprint density at radius 1 is 0.933 bits per heavy atom. The third-order valence-corrected chi connectivity index (χ3v) is 5.37. The first-order valence-electron chi connectivity index (χ1n) is 12.0. The Kier molecular flexibility index (Phi) is 13.5. The van der Waals surface area contributed by atoms with Crippen LogP contribution in [0.1, 0.15) is 79.2 Å². The van der Waals surface area contributed by atoms with Gasteiger partial charge in [0.25, 0.3) is 0 Å². The van der Waals surface area contributed by atoms with Gasteiger partial charge in [-0.25, -0.2) is 4.98 Å². The lowest BCUT2D eigenvalue weighted by molar-refractivity contribution is 0.399. The van der Waals surface area contributed by atoms with Gasteiger partial charge in [-0.05, 0) is 67.6 Å². The zero-order valence-corrected chi connectivity index (χ0v) is 20.9. The molecule has 1 fully saturated rings. The zero-order valence-electron chi connectivity index (χ0n) is 20.0. The van der Waals surface area contributed by atoms with Crippen LogP contribution < -0.4 is 15.9 Å². The monoisotopic (exact) mass is 426 g/mol. The van der Waals surface area contributed by atoms with Gasteiger partial charge in [0.15, 0.2) is 0 Å².